The molecular formula is C22H33N3O3S. The van der Waals surface area contributed by atoms with Gasteiger partial charge < -0.3 is 14.5 Å². The van der Waals surface area contributed by atoms with Crippen LogP contribution in [0.1, 0.15) is 32.6 Å². The lowest BCUT2D eigenvalue weighted by Crippen LogP contribution is -2.48. The van der Waals surface area contributed by atoms with Crippen LogP contribution in [0.3, 0.4) is 0 Å². The fourth-order valence-electron chi connectivity index (χ4n) is 3.74. The van der Waals surface area contributed by atoms with E-state index in [0.717, 1.165) is 62.8 Å². The second kappa shape index (κ2) is 11.6. The van der Waals surface area contributed by atoms with Gasteiger partial charge in [-0.15, -0.1) is 11.8 Å². The molecule has 0 unspecified atom stereocenters. The molecule has 3 rings (SSSR count). The number of fused-ring (bicyclic) bond motifs is 1. The van der Waals surface area contributed by atoms with Gasteiger partial charge >= 0.3 is 0 Å². The summed E-state index contributed by atoms with van der Waals surface area (Å²) in [5, 5.41) is 0. The number of thioether (sulfide) groups is 1. The van der Waals surface area contributed by atoms with Gasteiger partial charge in [0.05, 0.1) is 24.7 Å². The molecule has 160 valence electrons. The molecule has 1 aromatic rings. The van der Waals surface area contributed by atoms with Gasteiger partial charge in [-0.3, -0.25) is 14.5 Å². The van der Waals surface area contributed by atoms with Crippen LogP contribution in [-0.2, 0) is 14.3 Å². The van der Waals surface area contributed by atoms with Crippen molar-refractivity contribution < 1.29 is 14.3 Å². The molecule has 0 spiro atoms. The molecule has 6 nitrogen and oxygen atoms in total. The number of hydrogen-bond acceptors (Lipinski definition) is 5. The second-order valence-electron chi connectivity index (χ2n) is 7.63. The number of amides is 2. The van der Waals surface area contributed by atoms with Crippen LogP contribution in [0.4, 0.5) is 5.69 Å². The summed E-state index contributed by atoms with van der Waals surface area (Å²) >= 11 is 1.55. The van der Waals surface area contributed by atoms with Gasteiger partial charge in [0.15, 0.2) is 0 Å². The van der Waals surface area contributed by atoms with Crippen molar-refractivity contribution in [2.24, 2.45) is 0 Å². The Morgan fingerprint density at radius 2 is 1.93 bits per heavy atom. The maximum Gasteiger partial charge on any atom is 0.242 e. The number of rotatable bonds is 10. The number of hydrogen-bond donors (Lipinski definition) is 0. The minimum atomic E-state index is 0.0150. The smallest absolute Gasteiger partial charge is 0.242 e. The molecule has 2 amide bonds. The zero-order valence-corrected chi connectivity index (χ0v) is 18.3. The molecule has 2 aliphatic heterocycles. The van der Waals surface area contributed by atoms with Crippen molar-refractivity contribution in [3.8, 4) is 0 Å². The molecule has 0 radical (unpaired) electrons. The Hall–Kier alpha value is -1.57. The van der Waals surface area contributed by atoms with Gasteiger partial charge in [0.2, 0.25) is 11.8 Å². The van der Waals surface area contributed by atoms with Crippen LogP contribution in [-0.4, -0.2) is 79.8 Å². The molecule has 2 aliphatic rings. The normalized spacial score (nSPS) is 17.3. The van der Waals surface area contributed by atoms with Crippen molar-refractivity contribution in [3.05, 3.63) is 24.3 Å². The summed E-state index contributed by atoms with van der Waals surface area (Å²) in [6.07, 6.45) is 4.53. The highest BCUT2D eigenvalue weighted by Crippen LogP contribution is 2.34. The van der Waals surface area contributed by atoms with Crippen LogP contribution in [0.2, 0.25) is 0 Å². The highest BCUT2D eigenvalue weighted by Gasteiger charge is 2.28. The Balaban J connectivity index is 1.62. The van der Waals surface area contributed by atoms with E-state index in [9.17, 15) is 9.59 Å². The van der Waals surface area contributed by atoms with E-state index >= 15 is 0 Å². The monoisotopic (exact) mass is 419 g/mol. The Labute approximate surface area is 178 Å². The number of carbonyl (C=O) groups is 2. The van der Waals surface area contributed by atoms with E-state index < -0.39 is 0 Å². The average molecular weight is 420 g/mol. The number of carbonyl (C=O) groups excluding carboxylic acids is 2. The lowest BCUT2D eigenvalue weighted by molar-refractivity contribution is -0.131. The number of benzene rings is 1. The number of nitrogens with zero attached hydrogens (tertiary/aromatic N) is 3. The van der Waals surface area contributed by atoms with Crippen LogP contribution in [0, 0.1) is 0 Å². The van der Waals surface area contributed by atoms with Crippen molar-refractivity contribution in [1.29, 1.82) is 0 Å². The van der Waals surface area contributed by atoms with Crippen molar-refractivity contribution in [2.45, 2.75) is 37.5 Å². The summed E-state index contributed by atoms with van der Waals surface area (Å²) in [6, 6.07) is 7.86. The predicted octanol–water partition coefficient (Wildman–Crippen LogP) is 2.87. The lowest BCUT2D eigenvalue weighted by Gasteiger charge is -2.33. The van der Waals surface area contributed by atoms with Crippen LogP contribution in [0.15, 0.2) is 29.2 Å². The SMILES string of the molecule is CCCCCCN(CCN1CCOCC1)C(=O)CN1C(=O)CSc2ccccc21. The van der Waals surface area contributed by atoms with Crippen LogP contribution < -0.4 is 4.90 Å². The standard InChI is InChI=1S/C22H33N3O3S/c1-2-3-4-7-10-24(12-11-23-13-15-28-16-14-23)21(26)17-25-19-8-5-6-9-20(19)29-18-22(25)27/h5-6,8-9H,2-4,7,10-18H2,1H3. The van der Waals surface area contributed by atoms with Gasteiger partial charge in [-0.2, -0.15) is 0 Å². The molecular weight excluding hydrogens is 386 g/mol. The molecule has 0 aromatic heterocycles. The molecule has 29 heavy (non-hydrogen) atoms. The van der Waals surface area contributed by atoms with Crippen molar-refractivity contribution in [1.82, 2.24) is 9.80 Å². The molecule has 1 saturated heterocycles. The second-order valence-corrected chi connectivity index (χ2v) is 8.65. The minimum Gasteiger partial charge on any atom is -0.379 e. The largest absolute Gasteiger partial charge is 0.379 e. The van der Waals surface area contributed by atoms with Gasteiger partial charge in [-0.25, -0.2) is 0 Å². The predicted molar refractivity (Wildman–Crippen MR) is 118 cm³/mol. The molecule has 0 atom stereocenters. The zero-order valence-electron chi connectivity index (χ0n) is 17.5. The maximum atomic E-state index is 13.2. The highest BCUT2D eigenvalue weighted by molar-refractivity contribution is 8.00. The van der Waals surface area contributed by atoms with E-state index in [1.807, 2.05) is 29.2 Å². The summed E-state index contributed by atoms with van der Waals surface area (Å²) in [4.78, 5) is 32.8. The van der Waals surface area contributed by atoms with Crippen LogP contribution in [0.5, 0.6) is 0 Å². The fraction of sp³-hybridized carbons (Fsp3) is 0.636. The fourth-order valence-corrected chi connectivity index (χ4v) is 4.68. The van der Waals surface area contributed by atoms with Crippen molar-refractivity contribution >= 4 is 29.3 Å². The summed E-state index contributed by atoms with van der Waals surface area (Å²) in [7, 11) is 0. The number of unbranched alkanes of at least 4 members (excludes halogenated alkanes) is 3. The summed E-state index contributed by atoms with van der Waals surface area (Å²) < 4.78 is 5.42. The van der Waals surface area contributed by atoms with Crippen molar-refractivity contribution in [2.75, 3.05) is 63.1 Å². The molecule has 0 bridgehead atoms. The van der Waals surface area contributed by atoms with E-state index in [1.165, 1.54) is 12.8 Å². The van der Waals surface area contributed by atoms with E-state index in [1.54, 1.807) is 16.7 Å². The average Bonchev–Trinajstić information content (AvgIpc) is 2.76. The topological polar surface area (TPSA) is 53.1 Å². The third-order valence-corrected chi connectivity index (χ3v) is 6.57. The van der Waals surface area contributed by atoms with E-state index in [2.05, 4.69) is 11.8 Å². The summed E-state index contributed by atoms with van der Waals surface area (Å²) in [6.45, 7) is 8.04. The van der Waals surface area contributed by atoms with E-state index in [4.69, 9.17) is 4.74 Å². The van der Waals surface area contributed by atoms with Gasteiger partial charge in [0, 0.05) is 37.6 Å². The van der Waals surface area contributed by atoms with E-state index in [-0.39, 0.29) is 18.4 Å². The summed E-state index contributed by atoms with van der Waals surface area (Å²) in [5.74, 6) is 0.458. The number of para-hydroxylation sites is 1. The minimum absolute atomic E-state index is 0.0150. The number of ether oxygens (including phenoxy) is 1. The maximum absolute atomic E-state index is 13.2. The zero-order chi connectivity index (χ0) is 20.5. The lowest BCUT2D eigenvalue weighted by atomic mass is 10.2. The molecule has 1 fully saturated rings. The number of anilines is 1. The first-order valence-electron chi connectivity index (χ1n) is 10.8. The van der Waals surface area contributed by atoms with Crippen LogP contribution >= 0.6 is 11.8 Å². The Kier molecular flexibility index (Phi) is 8.83. The molecule has 7 heteroatoms. The van der Waals surface area contributed by atoms with Crippen LogP contribution in [0.25, 0.3) is 0 Å². The third kappa shape index (κ3) is 6.46. The summed E-state index contributed by atoms with van der Waals surface area (Å²) in [5.41, 5.74) is 0.862. The molecule has 0 aliphatic carbocycles. The van der Waals surface area contributed by atoms with E-state index in [0.29, 0.717) is 12.3 Å². The Bertz CT molecular complexity index is 679. The van der Waals surface area contributed by atoms with Gasteiger partial charge in [-0.1, -0.05) is 38.3 Å². The number of morpholine rings is 1. The Morgan fingerprint density at radius 3 is 2.72 bits per heavy atom. The Morgan fingerprint density at radius 1 is 1.14 bits per heavy atom. The first-order valence-corrected chi connectivity index (χ1v) is 11.8. The third-order valence-electron chi connectivity index (χ3n) is 5.53. The first kappa shape index (κ1) is 22.1. The first-order chi connectivity index (χ1) is 14.2. The van der Waals surface area contributed by atoms with Gasteiger partial charge in [0.1, 0.15) is 6.54 Å². The van der Waals surface area contributed by atoms with Gasteiger partial charge in [-0.05, 0) is 18.6 Å². The molecule has 0 N–H and O–H groups in total. The highest BCUT2D eigenvalue weighted by atomic mass is 32.2. The van der Waals surface area contributed by atoms with Gasteiger partial charge in [0.25, 0.3) is 0 Å². The quantitative estimate of drug-likeness (QED) is 0.546. The molecule has 1 aromatic carbocycles. The van der Waals surface area contributed by atoms with Crippen molar-refractivity contribution in [3.63, 3.8) is 0 Å². The molecule has 0 saturated carbocycles. The molecule has 2 heterocycles.